The van der Waals surface area contributed by atoms with E-state index in [1.54, 1.807) is 0 Å². The van der Waals surface area contributed by atoms with Gasteiger partial charge >= 0.3 is 0 Å². The fraction of sp³-hybridized carbons (Fsp3) is 0.556. The number of hydrogen-bond acceptors (Lipinski definition) is 3. The van der Waals surface area contributed by atoms with E-state index < -0.39 is 14.8 Å². The second-order valence-electron chi connectivity index (χ2n) is 7.23. The van der Waals surface area contributed by atoms with Crippen molar-refractivity contribution in [3.05, 3.63) is 35.9 Å². The number of nitrogens with zero attached hydrogens (tertiary/aromatic N) is 1. The molecule has 3 rings (SSSR count). The van der Waals surface area contributed by atoms with Crippen molar-refractivity contribution in [2.24, 2.45) is 0 Å². The number of nitrogens with one attached hydrogen (secondary N) is 1. The van der Waals surface area contributed by atoms with Gasteiger partial charge in [0.05, 0.1) is 23.8 Å². The summed E-state index contributed by atoms with van der Waals surface area (Å²) in [6.07, 6.45) is 0.372. The molecular formula is C18H26N2O3S. The summed E-state index contributed by atoms with van der Waals surface area (Å²) < 4.78 is -0.418. The maximum absolute atomic E-state index is 13.3. The summed E-state index contributed by atoms with van der Waals surface area (Å²) in [5.41, 5.74) is 1.03. The van der Waals surface area contributed by atoms with Crippen LogP contribution < -0.4 is 5.32 Å². The molecule has 1 unspecified atom stereocenters. The molecule has 5 nitrogen and oxygen atoms in total. The molecule has 24 heavy (non-hydrogen) atoms. The van der Waals surface area contributed by atoms with E-state index in [4.69, 9.17) is 0 Å². The molecule has 1 aromatic rings. The van der Waals surface area contributed by atoms with Crippen LogP contribution in [0, 0.1) is 0 Å². The van der Waals surface area contributed by atoms with Crippen LogP contribution in [0.5, 0.6) is 0 Å². The van der Waals surface area contributed by atoms with Gasteiger partial charge in [0, 0.05) is 10.8 Å². The Kier molecular flexibility index (Phi) is 4.16. The lowest BCUT2D eigenvalue weighted by atomic mass is 10.0. The van der Waals surface area contributed by atoms with E-state index in [0.717, 1.165) is 5.56 Å². The topological polar surface area (TPSA) is 69.6 Å². The van der Waals surface area contributed by atoms with Crippen LogP contribution in [0.2, 0.25) is 0 Å². The van der Waals surface area contributed by atoms with Crippen molar-refractivity contribution < 1.29 is 14.7 Å². The average molecular weight is 350 g/mol. The molecule has 4 atom stereocenters. The average Bonchev–Trinajstić information content (AvgIpc) is 2.68. The molecule has 1 aromatic carbocycles. The van der Waals surface area contributed by atoms with Crippen LogP contribution in [-0.4, -0.2) is 43.3 Å². The highest BCUT2D eigenvalue weighted by Crippen LogP contribution is 2.73. The Hall–Kier alpha value is -1.53. The summed E-state index contributed by atoms with van der Waals surface area (Å²) in [5, 5.41) is 13.2. The molecule has 2 heterocycles. The van der Waals surface area contributed by atoms with E-state index in [-0.39, 0.29) is 34.5 Å². The molecule has 2 fully saturated rings. The Bertz CT molecular complexity index is 663. The number of aliphatic hydroxyl groups excluding tert-OH is 1. The summed E-state index contributed by atoms with van der Waals surface area (Å²) in [6, 6.07) is 9.62. The van der Waals surface area contributed by atoms with E-state index >= 15 is 0 Å². The molecule has 0 aromatic heterocycles. The van der Waals surface area contributed by atoms with Gasteiger partial charge in [-0.25, -0.2) is 0 Å². The van der Waals surface area contributed by atoms with Gasteiger partial charge in [0.15, 0.2) is 0 Å². The highest BCUT2D eigenvalue weighted by Gasteiger charge is 2.68. The maximum Gasteiger partial charge on any atom is 0.266 e. The Labute approximate surface area is 144 Å². The molecule has 2 aliphatic rings. The zero-order valence-electron chi connectivity index (χ0n) is 14.7. The van der Waals surface area contributed by atoms with E-state index in [9.17, 15) is 14.7 Å². The first-order chi connectivity index (χ1) is 11.3. The number of aliphatic hydroxyl groups is 1. The van der Waals surface area contributed by atoms with Gasteiger partial charge in [-0.05, 0) is 33.3 Å². The number of β-lactam (4-membered cyclic amide) rings is 1. The molecule has 132 valence electrons. The fourth-order valence-electron chi connectivity index (χ4n) is 3.97. The van der Waals surface area contributed by atoms with Crippen LogP contribution >= 0.6 is 10.0 Å². The van der Waals surface area contributed by atoms with Gasteiger partial charge in [0.1, 0.15) is 0 Å². The second-order valence-corrected chi connectivity index (χ2v) is 11.0. The molecule has 0 bridgehead atoms. The van der Waals surface area contributed by atoms with Crippen LogP contribution in [0.1, 0.15) is 45.7 Å². The first kappa shape index (κ1) is 17.3. The molecular weight excluding hydrogens is 324 g/mol. The lowest BCUT2D eigenvalue weighted by Crippen LogP contribution is -2.54. The molecule has 2 N–H and O–H groups in total. The SMILES string of the molecule is C[C@H](NC(=O)S1(CO)[C@@H]2CC(=O)N2[C@@H](C)C1(C)C)c1ccccc1. The zero-order chi connectivity index (χ0) is 17.7. The minimum Gasteiger partial charge on any atom is -0.387 e. The second kappa shape index (κ2) is 5.77. The van der Waals surface area contributed by atoms with Crippen molar-refractivity contribution in [2.75, 3.05) is 5.94 Å². The minimum absolute atomic E-state index is 0.0383. The highest BCUT2D eigenvalue weighted by molar-refractivity contribution is 8.46. The standard InChI is InChI=1S/C18H26N2O3S/c1-12(14-8-6-5-7-9-14)19-17(23)24(11-21)16-10-15(22)20(16)13(2)18(24,3)4/h5-9,12-13,16,21H,10-11H2,1-4H3,(H,19,23)/t12-,13-,16+/m0/s1. The molecule has 0 saturated carbocycles. The van der Waals surface area contributed by atoms with Gasteiger partial charge in [-0.3, -0.25) is 9.59 Å². The number of carbonyl (C=O) groups excluding carboxylic acids is 2. The van der Waals surface area contributed by atoms with Crippen molar-refractivity contribution in [2.45, 2.75) is 56.3 Å². The van der Waals surface area contributed by atoms with E-state index in [0.29, 0.717) is 6.42 Å². The zero-order valence-corrected chi connectivity index (χ0v) is 15.5. The van der Waals surface area contributed by atoms with Crippen LogP contribution in [0.25, 0.3) is 0 Å². The van der Waals surface area contributed by atoms with Crippen LogP contribution in [0.15, 0.2) is 30.3 Å². The Balaban J connectivity index is 1.90. The first-order valence-electron chi connectivity index (χ1n) is 8.34. The Morgan fingerprint density at radius 1 is 1.42 bits per heavy atom. The normalized spacial score (nSPS) is 34.7. The van der Waals surface area contributed by atoms with Gasteiger partial charge in [-0.2, -0.15) is 0 Å². The molecule has 2 aliphatic heterocycles. The number of hydrogen-bond donors (Lipinski definition) is 2. The summed E-state index contributed by atoms with van der Waals surface area (Å²) >= 11 is 0. The van der Waals surface area contributed by atoms with Gasteiger partial charge in [-0.15, -0.1) is 10.0 Å². The number of amides is 2. The number of carbonyl (C=O) groups is 2. The van der Waals surface area contributed by atoms with Gasteiger partial charge in [-0.1, -0.05) is 30.3 Å². The van der Waals surface area contributed by atoms with E-state index in [1.807, 2.05) is 62.9 Å². The number of benzene rings is 1. The molecule has 2 amide bonds. The summed E-state index contributed by atoms with van der Waals surface area (Å²) in [6.45, 7) is 7.97. The molecule has 6 heteroatoms. The molecule has 0 spiro atoms. The number of rotatable bonds is 3. The quantitative estimate of drug-likeness (QED) is 0.824. The lowest BCUT2D eigenvalue weighted by molar-refractivity contribution is -0.143. The van der Waals surface area contributed by atoms with E-state index in [1.165, 1.54) is 0 Å². The Morgan fingerprint density at radius 2 is 2.04 bits per heavy atom. The third-order valence-corrected chi connectivity index (χ3v) is 10.7. The predicted molar refractivity (Wildman–Crippen MR) is 96.9 cm³/mol. The van der Waals surface area contributed by atoms with Crippen molar-refractivity contribution >= 4 is 21.2 Å². The van der Waals surface area contributed by atoms with Gasteiger partial charge in [0.2, 0.25) is 5.91 Å². The molecule has 0 aliphatic carbocycles. The monoisotopic (exact) mass is 350 g/mol. The first-order valence-corrected chi connectivity index (χ1v) is 10.2. The smallest absolute Gasteiger partial charge is 0.266 e. The largest absolute Gasteiger partial charge is 0.387 e. The van der Waals surface area contributed by atoms with Crippen molar-refractivity contribution in [1.82, 2.24) is 10.2 Å². The van der Waals surface area contributed by atoms with Crippen LogP contribution in [0.3, 0.4) is 0 Å². The fourth-order valence-corrected chi connectivity index (χ4v) is 8.25. The highest BCUT2D eigenvalue weighted by atomic mass is 32.3. The van der Waals surface area contributed by atoms with E-state index in [2.05, 4.69) is 5.32 Å². The minimum atomic E-state index is -2.07. The predicted octanol–water partition coefficient (Wildman–Crippen LogP) is 2.95. The van der Waals surface area contributed by atoms with Crippen molar-refractivity contribution in [1.29, 1.82) is 0 Å². The van der Waals surface area contributed by atoms with Crippen LogP contribution in [-0.2, 0) is 4.79 Å². The maximum atomic E-state index is 13.3. The van der Waals surface area contributed by atoms with Gasteiger partial charge < -0.3 is 15.3 Å². The van der Waals surface area contributed by atoms with Gasteiger partial charge in [0.25, 0.3) is 5.24 Å². The van der Waals surface area contributed by atoms with Crippen molar-refractivity contribution in [3.63, 3.8) is 0 Å². The van der Waals surface area contributed by atoms with Crippen LogP contribution in [0.4, 0.5) is 4.79 Å². The summed E-state index contributed by atoms with van der Waals surface area (Å²) in [4.78, 5) is 27.1. The third-order valence-electron chi connectivity index (χ3n) is 5.94. The summed E-state index contributed by atoms with van der Waals surface area (Å²) in [5.74, 6) is -0.0844. The molecule has 2 saturated heterocycles. The van der Waals surface area contributed by atoms with Crippen molar-refractivity contribution in [3.8, 4) is 0 Å². The number of fused-ring (bicyclic) bond motifs is 1. The lowest BCUT2D eigenvalue weighted by Gasteiger charge is -2.49. The molecule has 0 radical (unpaired) electrons. The third kappa shape index (κ3) is 2.12. The Morgan fingerprint density at radius 3 is 2.54 bits per heavy atom. The summed E-state index contributed by atoms with van der Waals surface area (Å²) in [7, 11) is -2.07.